The molecule has 0 aliphatic heterocycles. The van der Waals surface area contributed by atoms with E-state index in [1.54, 1.807) is 16.7 Å². The first kappa shape index (κ1) is 9.55. The normalized spacial score (nSPS) is 10.7. The number of nitrogens with zero attached hydrogens (tertiary/aromatic N) is 1. The van der Waals surface area contributed by atoms with Crippen LogP contribution in [0.1, 0.15) is 10.4 Å². The number of halogens is 2. The lowest BCUT2D eigenvalue weighted by Gasteiger charge is -1.94. The Labute approximate surface area is 93.0 Å². The maximum Gasteiger partial charge on any atom is 0.338 e. The van der Waals surface area contributed by atoms with Gasteiger partial charge in [0.15, 0.2) is 0 Å². The smallest absolute Gasteiger partial charge is 0.338 e. The molecule has 2 aromatic heterocycles. The van der Waals surface area contributed by atoms with Crippen LogP contribution in [0.5, 0.6) is 0 Å². The summed E-state index contributed by atoms with van der Waals surface area (Å²) in [7, 11) is 0. The van der Waals surface area contributed by atoms with Crippen LogP contribution in [-0.4, -0.2) is 15.5 Å². The van der Waals surface area contributed by atoms with Crippen LogP contribution in [0.15, 0.2) is 29.0 Å². The quantitative estimate of drug-likeness (QED) is 0.868. The fourth-order valence-corrected chi connectivity index (χ4v) is 1.87. The Morgan fingerprint density at radius 2 is 2.29 bits per heavy atom. The maximum absolute atomic E-state index is 10.8. The van der Waals surface area contributed by atoms with E-state index < -0.39 is 5.97 Å². The van der Waals surface area contributed by atoms with Gasteiger partial charge in [-0.2, -0.15) is 0 Å². The van der Waals surface area contributed by atoms with Crippen LogP contribution < -0.4 is 0 Å². The fraction of sp³-hybridized carbons (Fsp3) is 0. The summed E-state index contributed by atoms with van der Waals surface area (Å²) in [6.45, 7) is 0. The number of fused-ring (bicyclic) bond motifs is 1. The monoisotopic (exact) mass is 273 g/mol. The van der Waals surface area contributed by atoms with Gasteiger partial charge in [-0.25, -0.2) is 4.79 Å². The number of carboxylic acids is 1. The molecule has 0 saturated carbocycles. The van der Waals surface area contributed by atoms with Crippen LogP contribution in [0.3, 0.4) is 0 Å². The molecule has 72 valence electrons. The van der Waals surface area contributed by atoms with Crippen molar-refractivity contribution >= 4 is 39.0 Å². The van der Waals surface area contributed by atoms with E-state index in [0.29, 0.717) is 5.52 Å². The Bertz CT molecular complexity index is 521. The lowest BCUT2D eigenvalue weighted by Crippen LogP contribution is -1.93. The van der Waals surface area contributed by atoms with Crippen molar-refractivity contribution < 1.29 is 9.90 Å². The van der Waals surface area contributed by atoms with Crippen molar-refractivity contribution in [2.24, 2.45) is 0 Å². The number of aromatic carboxylic acids is 1. The molecule has 2 aromatic rings. The Balaban J connectivity index is 2.80. The molecular formula is C9H5BrClNO2. The van der Waals surface area contributed by atoms with E-state index in [2.05, 4.69) is 15.9 Å². The molecule has 0 bridgehead atoms. The molecule has 2 heterocycles. The van der Waals surface area contributed by atoms with E-state index in [4.69, 9.17) is 16.7 Å². The number of carbonyl (C=O) groups is 1. The number of hydrogen-bond donors (Lipinski definition) is 1. The Kier molecular flexibility index (Phi) is 2.25. The van der Waals surface area contributed by atoms with Gasteiger partial charge in [-0.15, -0.1) is 0 Å². The standard InChI is InChI=1S/C9H5BrClNO2/c10-5-1-2-12-4-6(9(13)14)8(11)7(12)3-5/h1-4H,(H,13,14). The molecule has 0 atom stereocenters. The second kappa shape index (κ2) is 3.29. The Morgan fingerprint density at radius 1 is 1.57 bits per heavy atom. The number of pyridine rings is 1. The van der Waals surface area contributed by atoms with E-state index in [-0.39, 0.29) is 10.6 Å². The highest BCUT2D eigenvalue weighted by Gasteiger charge is 2.14. The van der Waals surface area contributed by atoms with Gasteiger partial charge in [0.2, 0.25) is 0 Å². The van der Waals surface area contributed by atoms with Gasteiger partial charge in [0.1, 0.15) is 0 Å². The third-order valence-electron chi connectivity index (χ3n) is 1.91. The number of aromatic nitrogens is 1. The van der Waals surface area contributed by atoms with Gasteiger partial charge in [0, 0.05) is 16.9 Å². The largest absolute Gasteiger partial charge is 0.478 e. The molecule has 0 radical (unpaired) electrons. The lowest BCUT2D eigenvalue weighted by atomic mass is 10.3. The molecule has 5 heteroatoms. The first-order chi connectivity index (χ1) is 6.59. The fourth-order valence-electron chi connectivity index (χ4n) is 1.26. The van der Waals surface area contributed by atoms with Crippen molar-refractivity contribution in [2.45, 2.75) is 0 Å². The third kappa shape index (κ3) is 1.40. The van der Waals surface area contributed by atoms with Crippen LogP contribution in [0, 0.1) is 0 Å². The second-order valence-electron chi connectivity index (χ2n) is 2.80. The van der Waals surface area contributed by atoms with E-state index >= 15 is 0 Å². The zero-order chi connectivity index (χ0) is 10.3. The average molecular weight is 275 g/mol. The van der Waals surface area contributed by atoms with Gasteiger partial charge in [-0.1, -0.05) is 27.5 Å². The molecule has 0 unspecified atom stereocenters. The van der Waals surface area contributed by atoms with Crippen molar-refractivity contribution in [1.29, 1.82) is 0 Å². The molecule has 3 nitrogen and oxygen atoms in total. The van der Waals surface area contributed by atoms with Crippen LogP contribution in [0.4, 0.5) is 0 Å². The number of hydrogen-bond acceptors (Lipinski definition) is 1. The summed E-state index contributed by atoms with van der Waals surface area (Å²) in [6.07, 6.45) is 3.24. The highest BCUT2D eigenvalue weighted by atomic mass is 79.9. The van der Waals surface area contributed by atoms with Crippen LogP contribution in [-0.2, 0) is 0 Å². The molecule has 0 spiro atoms. The van der Waals surface area contributed by atoms with Gasteiger partial charge in [0.05, 0.1) is 16.1 Å². The topological polar surface area (TPSA) is 41.7 Å². The second-order valence-corrected chi connectivity index (χ2v) is 4.09. The highest BCUT2D eigenvalue weighted by molar-refractivity contribution is 9.10. The SMILES string of the molecule is O=C(O)c1cn2ccc(Br)cc2c1Cl. The van der Waals surface area contributed by atoms with Crippen LogP contribution in [0.25, 0.3) is 5.52 Å². The molecule has 0 aliphatic rings. The summed E-state index contributed by atoms with van der Waals surface area (Å²) in [6, 6.07) is 3.59. The zero-order valence-electron chi connectivity index (χ0n) is 6.87. The molecule has 14 heavy (non-hydrogen) atoms. The van der Waals surface area contributed by atoms with Crippen molar-refractivity contribution in [2.75, 3.05) is 0 Å². The van der Waals surface area contributed by atoms with E-state index in [0.717, 1.165) is 4.47 Å². The molecule has 0 aromatic carbocycles. The lowest BCUT2D eigenvalue weighted by molar-refractivity contribution is 0.0697. The van der Waals surface area contributed by atoms with Gasteiger partial charge in [-0.05, 0) is 12.1 Å². The van der Waals surface area contributed by atoms with Crippen molar-refractivity contribution in [3.05, 3.63) is 39.6 Å². The highest BCUT2D eigenvalue weighted by Crippen LogP contribution is 2.26. The number of carboxylic acid groups (broad SMARTS) is 1. The average Bonchev–Trinajstić information content (AvgIpc) is 2.44. The minimum atomic E-state index is -1.02. The molecule has 2 rings (SSSR count). The van der Waals surface area contributed by atoms with Gasteiger partial charge >= 0.3 is 5.97 Å². The van der Waals surface area contributed by atoms with Gasteiger partial charge in [0.25, 0.3) is 0 Å². The van der Waals surface area contributed by atoms with E-state index in [1.165, 1.54) is 6.20 Å². The van der Waals surface area contributed by atoms with Gasteiger partial charge < -0.3 is 9.51 Å². The molecule has 0 fully saturated rings. The summed E-state index contributed by atoms with van der Waals surface area (Å²) >= 11 is 9.20. The predicted molar refractivity (Wildman–Crippen MR) is 57.1 cm³/mol. The zero-order valence-corrected chi connectivity index (χ0v) is 9.21. The predicted octanol–water partition coefficient (Wildman–Crippen LogP) is 3.05. The maximum atomic E-state index is 10.8. The van der Waals surface area contributed by atoms with Crippen molar-refractivity contribution in [3.8, 4) is 0 Å². The molecule has 0 aliphatic carbocycles. The van der Waals surface area contributed by atoms with Crippen molar-refractivity contribution in [3.63, 3.8) is 0 Å². The molecule has 1 N–H and O–H groups in total. The van der Waals surface area contributed by atoms with Crippen LogP contribution >= 0.6 is 27.5 Å². The third-order valence-corrected chi connectivity index (χ3v) is 2.80. The molecule has 0 amide bonds. The van der Waals surface area contributed by atoms with Gasteiger partial charge in [-0.3, -0.25) is 0 Å². The minimum Gasteiger partial charge on any atom is -0.478 e. The molecular weight excluding hydrogens is 269 g/mol. The van der Waals surface area contributed by atoms with Crippen molar-refractivity contribution in [1.82, 2.24) is 4.40 Å². The first-order valence-electron chi connectivity index (χ1n) is 3.78. The number of rotatable bonds is 1. The van der Waals surface area contributed by atoms with E-state index in [9.17, 15) is 4.79 Å². The Hall–Kier alpha value is -1.000. The Morgan fingerprint density at radius 3 is 2.93 bits per heavy atom. The molecule has 0 saturated heterocycles. The first-order valence-corrected chi connectivity index (χ1v) is 4.95. The summed E-state index contributed by atoms with van der Waals surface area (Å²) in [5.74, 6) is -1.02. The minimum absolute atomic E-state index is 0.116. The summed E-state index contributed by atoms with van der Waals surface area (Å²) in [4.78, 5) is 10.8. The van der Waals surface area contributed by atoms with Crippen LogP contribution in [0.2, 0.25) is 5.02 Å². The summed E-state index contributed by atoms with van der Waals surface area (Å²) in [5, 5.41) is 9.09. The van der Waals surface area contributed by atoms with E-state index in [1.807, 2.05) is 6.07 Å². The summed E-state index contributed by atoms with van der Waals surface area (Å²) < 4.78 is 2.54. The summed E-state index contributed by atoms with van der Waals surface area (Å²) in [5.41, 5.74) is 0.795.